The van der Waals surface area contributed by atoms with Gasteiger partial charge in [-0.1, -0.05) is 49.4 Å². The first-order valence-corrected chi connectivity index (χ1v) is 12.6. The Hall–Kier alpha value is -3.65. The summed E-state index contributed by atoms with van der Waals surface area (Å²) in [7, 11) is 3.16. The van der Waals surface area contributed by atoms with Gasteiger partial charge in [0.1, 0.15) is 11.5 Å². The molecule has 1 aromatic heterocycles. The van der Waals surface area contributed by atoms with Crippen LogP contribution in [0.3, 0.4) is 0 Å². The normalized spacial score (nSPS) is 15.5. The molecule has 7 nitrogen and oxygen atoms in total. The van der Waals surface area contributed by atoms with E-state index < -0.39 is 12.0 Å². The number of methoxy groups -OCH3 is 2. The molecule has 0 N–H and O–H groups in total. The summed E-state index contributed by atoms with van der Waals surface area (Å²) in [5.74, 6) is 1.14. The highest BCUT2D eigenvalue weighted by molar-refractivity contribution is 7.07. The number of nitrogens with zero attached hydrogens (tertiary/aromatic N) is 2. The standard InChI is InChI=1S/C28H30N2O5S/c1-7-35-27(32)24-17(4)29-28-30(25(24)19-10-8-18(9-11-19)16(2)3)26(31)23(36-28)14-20-12-13-21(33-5)15-22(20)34-6/h8-16,25H,7H2,1-6H3/b23-14-/t25-/m1/s1. The summed E-state index contributed by atoms with van der Waals surface area (Å²) in [6, 6.07) is 12.8. The number of carbonyl (C=O) groups is 1. The van der Waals surface area contributed by atoms with Crippen LogP contribution >= 0.6 is 11.3 Å². The van der Waals surface area contributed by atoms with E-state index in [4.69, 9.17) is 14.2 Å². The predicted molar refractivity (Wildman–Crippen MR) is 140 cm³/mol. The van der Waals surface area contributed by atoms with Gasteiger partial charge in [-0.05, 0) is 49.1 Å². The van der Waals surface area contributed by atoms with Crippen molar-refractivity contribution in [3.63, 3.8) is 0 Å². The molecule has 0 amide bonds. The Labute approximate surface area is 214 Å². The van der Waals surface area contributed by atoms with E-state index in [9.17, 15) is 9.59 Å². The Morgan fingerprint density at radius 3 is 2.47 bits per heavy atom. The Balaban J connectivity index is 1.93. The number of rotatable bonds is 7. The fourth-order valence-corrected chi connectivity index (χ4v) is 5.29. The zero-order valence-corrected chi connectivity index (χ0v) is 22.1. The minimum absolute atomic E-state index is 0.232. The van der Waals surface area contributed by atoms with Gasteiger partial charge >= 0.3 is 5.97 Å². The average Bonchev–Trinajstić information content (AvgIpc) is 3.17. The number of benzene rings is 2. The number of aromatic nitrogens is 1. The third-order valence-corrected chi connectivity index (χ3v) is 7.15. The monoisotopic (exact) mass is 506 g/mol. The second-order valence-corrected chi connectivity index (χ2v) is 9.74. The van der Waals surface area contributed by atoms with E-state index in [2.05, 4.69) is 18.8 Å². The van der Waals surface area contributed by atoms with Crippen LogP contribution in [-0.4, -0.2) is 31.4 Å². The summed E-state index contributed by atoms with van der Waals surface area (Å²) < 4.78 is 18.2. The minimum atomic E-state index is -0.638. The molecule has 2 aromatic carbocycles. The average molecular weight is 507 g/mol. The van der Waals surface area contributed by atoms with Gasteiger partial charge in [0.05, 0.1) is 42.7 Å². The predicted octanol–water partition coefficient (Wildman–Crippen LogP) is 3.94. The Morgan fingerprint density at radius 2 is 1.86 bits per heavy atom. The zero-order chi connectivity index (χ0) is 26.0. The quantitative estimate of drug-likeness (QED) is 0.454. The van der Waals surface area contributed by atoms with Crippen LogP contribution in [0.5, 0.6) is 11.5 Å². The van der Waals surface area contributed by atoms with E-state index in [-0.39, 0.29) is 12.2 Å². The number of esters is 1. The molecule has 0 aliphatic carbocycles. The van der Waals surface area contributed by atoms with Crippen molar-refractivity contribution in [2.75, 3.05) is 20.8 Å². The number of hydrogen-bond donors (Lipinski definition) is 0. The minimum Gasteiger partial charge on any atom is -0.497 e. The van der Waals surface area contributed by atoms with Crippen molar-refractivity contribution in [2.24, 2.45) is 4.99 Å². The van der Waals surface area contributed by atoms with Crippen LogP contribution < -0.4 is 24.4 Å². The maximum Gasteiger partial charge on any atom is 0.338 e. The molecule has 2 heterocycles. The molecule has 0 fully saturated rings. The number of ether oxygens (including phenoxy) is 3. The van der Waals surface area contributed by atoms with Crippen LogP contribution in [0, 0.1) is 0 Å². The molecule has 1 aliphatic heterocycles. The first kappa shape index (κ1) is 25.4. The molecule has 0 bridgehead atoms. The molecular weight excluding hydrogens is 476 g/mol. The van der Waals surface area contributed by atoms with E-state index >= 15 is 0 Å². The lowest BCUT2D eigenvalue weighted by atomic mass is 9.93. The molecule has 188 valence electrons. The summed E-state index contributed by atoms with van der Waals surface area (Å²) in [6.45, 7) is 8.03. The number of fused-ring (bicyclic) bond motifs is 1. The highest BCUT2D eigenvalue weighted by atomic mass is 32.1. The molecule has 0 unspecified atom stereocenters. The number of carbonyl (C=O) groups excluding carboxylic acids is 1. The lowest BCUT2D eigenvalue weighted by molar-refractivity contribution is -0.139. The Bertz CT molecular complexity index is 1500. The van der Waals surface area contributed by atoms with Crippen molar-refractivity contribution in [2.45, 2.75) is 39.7 Å². The van der Waals surface area contributed by atoms with E-state index in [1.165, 1.54) is 16.9 Å². The van der Waals surface area contributed by atoms with Crippen LogP contribution in [0.25, 0.3) is 6.08 Å². The van der Waals surface area contributed by atoms with Crippen molar-refractivity contribution < 1.29 is 19.0 Å². The fourth-order valence-electron chi connectivity index (χ4n) is 4.25. The van der Waals surface area contributed by atoms with E-state index in [1.807, 2.05) is 36.4 Å². The van der Waals surface area contributed by atoms with Gasteiger partial charge in [0.15, 0.2) is 4.80 Å². The van der Waals surface area contributed by atoms with Gasteiger partial charge in [-0.15, -0.1) is 0 Å². The van der Waals surface area contributed by atoms with E-state index in [1.54, 1.807) is 44.8 Å². The molecule has 1 aliphatic rings. The third kappa shape index (κ3) is 4.73. The summed E-state index contributed by atoms with van der Waals surface area (Å²) in [4.78, 5) is 32.0. The number of thiazole rings is 1. The van der Waals surface area contributed by atoms with Crippen molar-refractivity contribution in [1.29, 1.82) is 0 Å². The van der Waals surface area contributed by atoms with Gasteiger partial charge in [0.25, 0.3) is 5.56 Å². The molecule has 0 spiro atoms. The smallest absolute Gasteiger partial charge is 0.338 e. The molecule has 36 heavy (non-hydrogen) atoms. The van der Waals surface area contributed by atoms with E-state index in [0.29, 0.717) is 38.0 Å². The summed E-state index contributed by atoms with van der Waals surface area (Å²) in [6.07, 6.45) is 1.78. The molecule has 0 radical (unpaired) electrons. The van der Waals surface area contributed by atoms with Crippen LogP contribution in [-0.2, 0) is 9.53 Å². The maximum absolute atomic E-state index is 13.8. The lowest BCUT2D eigenvalue weighted by Gasteiger charge is -2.25. The fraction of sp³-hybridized carbons (Fsp3) is 0.321. The lowest BCUT2D eigenvalue weighted by Crippen LogP contribution is -2.39. The topological polar surface area (TPSA) is 79.1 Å². The zero-order valence-electron chi connectivity index (χ0n) is 21.3. The summed E-state index contributed by atoms with van der Waals surface area (Å²) in [5.41, 5.74) is 3.42. The van der Waals surface area contributed by atoms with Gasteiger partial charge < -0.3 is 14.2 Å². The van der Waals surface area contributed by atoms with Crippen LogP contribution in [0.15, 0.2) is 63.5 Å². The first-order valence-electron chi connectivity index (χ1n) is 11.8. The molecule has 4 rings (SSSR count). The number of hydrogen-bond acceptors (Lipinski definition) is 7. The van der Waals surface area contributed by atoms with Crippen molar-refractivity contribution in [1.82, 2.24) is 4.57 Å². The van der Waals surface area contributed by atoms with Gasteiger partial charge in [0, 0.05) is 11.6 Å². The molecule has 8 heteroatoms. The third-order valence-electron chi connectivity index (χ3n) is 6.16. The Morgan fingerprint density at radius 1 is 1.14 bits per heavy atom. The highest BCUT2D eigenvalue weighted by Crippen LogP contribution is 2.31. The Kier molecular flexibility index (Phi) is 7.45. The van der Waals surface area contributed by atoms with Crippen molar-refractivity contribution in [3.05, 3.63) is 90.1 Å². The maximum atomic E-state index is 13.8. The first-order chi connectivity index (χ1) is 17.3. The van der Waals surface area contributed by atoms with Gasteiger partial charge in [0.2, 0.25) is 0 Å². The summed E-state index contributed by atoms with van der Waals surface area (Å²) >= 11 is 1.28. The molecule has 0 saturated carbocycles. The molecular formula is C28H30N2O5S. The van der Waals surface area contributed by atoms with Crippen molar-refractivity contribution >= 4 is 23.4 Å². The molecule has 3 aromatic rings. The second-order valence-electron chi connectivity index (χ2n) is 8.73. The second kappa shape index (κ2) is 10.5. The summed E-state index contributed by atoms with van der Waals surface area (Å²) in [5, 5.41) is 0. The van der Waals surface area contributed by atoms with Crippen LogP contribution in [0.4, 0.5) is 0 Å². The van der Waals surface area contributed by atoms with Crippen molar-refractivity contribution in [3.8, 4) is 11.5 Å². The van der Waals surface area contributed by atoms with Gasteiger partial charge in [-0.2, -0.15) is 0 Å². The van der Waals surface area contributed by atoms with Crippen LogP contribution in [0.2, 0.25) is 0 Å². The number of allylic oxidation sites excluding steroid dienone is 1. The van der Waals surface area contributed by atoms with E-state index in [0.717, 1.165) is 11.1 Å². The van der Waals surface area contributed by atoms with Gasteiger partial charge in [-0.3, -0.25) is 9.36 Å². The van der Waals surface area contributed by atoms with Crippen LogP contribution in [0.1, 0.15) is 56.3 Å². The highest BCUT2D eigenvalue weighted by Gasteiger charge is 2.33. The largest absolute Gasteiger partial charge is 0.497 e. The molecule has 1 atom stereocenters. The molecule has 0 saturated heterocycles. The SMILES string of the molecule is CCOC(=O)C1=C(C)N=c2s/c(=C\c3ccc(OC)cc3OC)c(=O)n2[C@@H]1c1ccc(C(C)C)cc1. The van der Waals surface area contributed by atoms with Gasteiger partial charge in [-0.25, -0.2) is 9.79 Å².